The minimum atomic E-state index is 0.533. The Morgan fingerprint density at radius 2 is 1.58 bits per heavy atom. The highest BCUT2D eigenvalue weighted by molar-refractivity contribution is 5.55. The molecule has 0 aliphatic rings. The molecule has 0 amide bonds. The molecule has 2 aromatic carbocycles. The van der Waals surface area contributed by atoms with Crippen molar-refractivity contribution in [3.63, 3.8) is 0 Å². The van der Waals surface area contributed by atoms with Gasteiger partial charge in [-0.15, -0.1) is 0 Å². The Hall–Kier alpha value is -2.81. The van der Waals surface area contributed by atoms with Crippen LogP contribution in [0.1, 0.15) is 31.0 Å². The fraction of sp³-hybridized carbons (Fsp3) is 0.190. The van der Waals surface area contributed by atoms with Crippen LogP contribution in [0.5, 0.6) is 0 Å². The number of anilines is 2. The minimum Gasteiger partial charge on any atom is -0.298 e. The first kappa shape index (κ1) is 16.1. The highest BCUT2D eigenvalue weighted by Gasteiger charge is 2.09. The van der Waals surface area contributed by atoms with Crippen LogP contribution in [0.15, 0.2) is 79.0 Å². The van der Waals surface area contributed by atoms with Gasteiger partial charge >= 0.3 is 0 Å². The van der Waals surface area contributed by atoms with E-state index >= 15 is 0 Å². The molecule has 122 valence electrons. The Kier molecular flexibility index (Phi) is 5.12. The third-order valence-electron chi connectivity index (χ3n) is 3.96. The number of hydrogen-bond donors (Lipinski definition) is 1. The lowest BCUT2D eigenvalue weighted by Gasteiger charge is -2.26. The van der Waals surface area contributed by atoms with Crippen LogP contribution >= 0.6 is 0 Å². The smallest absolute Gasteiger partial charge is 0.0816 e. The molecule has 0 unspecified atom stereocenters. The van der Waals surface area contributed by atoms with Crippen molar-refractivity contribution in [1.29, 1.82) is 0 Å². The Morgan fingerprint density at radius 1 is 0.875 bits per heavy atom. The van der Waals surface area contributed by atoms with E-state index in [1.54, 1.807) is 0 Å². The van der Waals surface area contributed by atoms with Crippen LogP contribution in [0.2, 0.25) is 0 Å². The third-order valence-corrected chi connectivity index (χ3v) is 3.96. The maximum atomic E-state index is 4.45. The van der Waals surface area contributed by atoms with Crippen molar-refractivity contribution >= 4 is 11.4 Å². The van der Waals surface area contributed by atoms with Gasteiger partial charge in [0, 0.05) is 6.20 Å². The van der Waals surface area contributed by atoms with E-state index < -0.39 is 0 Å². The third kappa shape index (κ3) is 4.13. The molecule has 0 aliphatic heterocycles. The number of nitrogens with one attached hydrogen (secondary N) is 1. The zero-order valence-corrected chi connectivity index (χ0v) is 14.2. The van der Waals surface area contributed by atoms with Crippen molar-refractivity contribution in [2.45, 2.75) is 26.3 Å². The highest BCUT2D eigenvalue weighted by Crippen LogP contribution is 2.22. The normalized spacial score (nSPS) is 10.6. The second-order valence-corrected chi connectivity index (χ2v) is 6.13. The lowest BCUT2D eigenvalue weighted by atomic mass is 10.0. The van der Waals surface area contributed by atoms with Crippen molar-refractivity contribution < 1.29 is 0 Å². The summed E-state index contributed by atoms with van der Waals surface area (Å²) < 4.78 is 0. The SMILES string of the molecule is CC(C)c1ccc(N(Cc2ccccn2)Nc2ccccc2)cc1. The number of nitrogens with zero attached hydrogens (tertiary/aromatic N) is 2. The predicted octanol–water partition coefficient (Wildman–Crippen LogP) is 5.24. The fourth-order valence-electron chi connectivity index (χ4n) is 2.56. The summed E-state index contributed by atoms with van der Waals surface area (Å²) in [6.45, 7) is 5.11. The standard InChI is InChI=1S/C21H23N3/c1-17(2)18-11-13-21(14-12-18)24(16-20-10-6-7-15-22-20)23-19-8-4-3-5-9-19/h3-15,17,23H,16H2,1-2H3. The second-order valence-electron chi connectivity index (χ2n) is 6.13. The molecule has 0 fully saturated rings. The van der Waals surface area contributed by atoms with E-state index in [0.29, 0.717) is 12.5 Å². The summed E-state index contributed by atoms with van der Waals surface area (Å²) in [5.41, 5.74) is 8.03. The van der Waals surface area contributed by atoms with Gasteiger partial charge in [-0.3, -0.25) is 15.4 Å². The van der Waals surface area contributed by atoms with Gasteiger partial charge in [-0.25, -0.2) is 0 Å². The van der Waals surface area contributed by atoms with Gasteiger partial charge in [-0.1, -0.05) is 50.2 Å². The van der Waals surface area contributed by atoms with Crippen LogP contribution < -0.4 is 10.4 Å². The van der Waals surface area contributed by atoms with Gasteiger partial charge in [0.05, 0.1) is 23.6 Å². The number of hydrazine groups is 1. The van der Waals surface area contributed by atoms with Gasteiger partial charge in [0.25, 0.3) is 0 Å². The summed E-state index contributed by atoms with van der Waals surface area (Å²) in [4.78, 5) is 4.45. The maximum Gasteiger partial charge on any atom is 0.0816 e. The first-order chi connectivity index (χ1) is 11.7. The second kappa shape index (κ2) is 7.64. The summed E-state index contributed by atoms with van der Waals surface area (Å²) in [6.07, 6.45) is 1.83. The zero-order chi connectivity index (χ0) is 16.8. The molecule has 0 saturated heterocycles. The Bertz CT molecular complexity index is 696. The largest absolute Gasteiger partial charge is 0.298 e. The molecule has 0 spiro atoms. The van der Waals surface area contributed by atoms with Gasteiger partial charge in [0.15, 0.2) is 0 Å². The fourth-order valence-corrected chi connectivity index (χ4v) is 2.56. The predicted molar refractivity (Wildman–Crippen MR) is 101 cm³/mol. The van der Waals surface area contributed by atoms with Crippen LogP contribution in [-0.2, 0) is 6.54 Å². The van der Waals surface area contributed by atoms with Gasteiger partial charge in [0.1, 0.15) is 0 Å². The van der Waals surface area contributed by atoms with Gasteiger partial charge in [-0.2, -0.15) is 0 Å². The van der Waals surface area contributed by atoms with Crippen LogP contribution in [0.4, 0.5) is 11.4 Å². The summed E-state index contributed by atoms with van der Waals surface area (Å²) >= 11 is 0. The summed E-state index contributed by atoms with van der Waals surface area (Å²) in [5, 5.41) is 2.13. The van der Waals surface area contributed by atoms with Crippen LogP contribution in [-0.4, -0.2) is 4.98 Å². The molecule has 0 aliphatic carbocycles. The topological polar surface area (TPSA) is 28.2 Å². The average Bonchev–Trinajstić information content (AvgIpc) is 2.63. The molecular formula is C21H23N3. The molecule has 1 aromatic heterocycles. The van der Waals surface area contributed by atoms with Crippen LogP contribution in [0.3, 0.4) is 0 Å². The van der Waals surface area contributed by atoms with E-state index in [1.165, 1.54) is 5.56 Å². The monoisotopic (exact) mass is 317 g/mol. The van der Waals surface area contributed by atoms with Crippen molar-refractivity contribution in [3.8, 4) is 0 Å². The molecule has 3 aromatic rings. The maximum absolute atomic E-state index is 4.45. The molecule has 0 bridgehead atoms. The number of para-hydroxylation sites is 1. The Morgan fingerprint density at radius 3 is 2.21 bits per heavy atom. The minimum absolute atomic E-state index is 0.533. The van der Waals surface area contributed by atoms with E-state index in [9.17, 15) is 0 Å². The van der Waals surface area contributed by atoms with Gasteiger partial charge < -0.3 is 0 Å². The van der Waals surface area contributed by atoms with Crippen molar-refractivity contribution in [3.05, 3.63) is 90.3 Å². The van der Waals surface area contributed by atoms with Crippen LogP contribution in [0.25, 0.3) is 0 Å². The number of aromatic nitrogens is 1. The molecule has 3 rings (SSSR count). The van der Waals surface area contributed by atoms with Crippen molar-refractivity contribution in [2.24, 2.45) is 0 Å². The molecule has 3 nitrogen and oxygen atoms in total. The zero-order valence-electron chi connectivity index (χ0n) is 14.2. The van der Waals surface area contributed by atoms with Gasteiger partial charge in [0.2, 0.25) is 0 Å². The van der Waals surface area contributed by atoms with E-state index in [0.717, 1.165) is 17.1 Å². The summed E-state index contributed by atoms with van der Waals surface area (Å²) in [6, 6.07) is 24.9. The number of rotatable bonds is 6. The Balaban J connectivity index is 1.86. The molecule has 24 heavy (non-hydrogen) atoms. The summed E-state index contributed by atoms with van der Waals surface area (Å²) in [7, 11) is 0. The molecular weight excluding hydrogens is 294 g/mol. The quantitative estimate of drug-likeness (QED) is 0.630. The first-order valence-electron chi connectivity index (χ1n) is 8.31. The molecule has 0 atom stereocenters. The molecule has 3 heteroatoms. The number of benzene rings is 2. The van der Waals surface area contributed by atoms with E-state index in [1.807, 2.05) is 42.6 Å². The van der Waals surface area contributed by atoms with E-state index in [-0.39, 0.29) is 0 Å². The van der Waals surface area contributed by atoms with Crippen molar-refractivity contribution in [1.82, 2.24) is 4.98 Å². The van der Waals surface area contributed by atoms with Crippen molar-refractivity contribution in [2.75, 3.05) is 10.4 Å². The number of pyridine rings is 1. The summed E-state index contributed by atoms with van der Waals surface area (Å²) in [5.74, 6) is 0.533. The molecule has 1 N–H and O–H groups in total. The highest BCUT2D eigenvalue weighted by atomic mass is 15.5. The molecule has 1 heterocycles. The molecule has 0 radical (unpaired) electrons. The first-order valence-corrected chi connectivity index (χ1v) is 8.31. The lowest BCUT2D eigenvalue weighted by Crippen LogP contribution is -2.29. The van der Waals surface area contributed by atoms with Gasteiger partial charge in [-0.05, 0) is 47.9 Å². The molecule has 0 saturated carbocycles. The lowest BCUT2D eigenvalue weighted by molar-refractivity contribution is 0.855. The average molecular weight is 317 g/mol. The van der Waals surface area contributed by atoms with E-state index in [4.69, 9.17) is 0 Å². The van der Waals surface area contributed by atoms with E-state index in [2.05, 4.69) is 65.7 Å². The van der Waals surface area contributed by atoms with Crippen LogP contribution in [0, 0.1) is 0 Å². The number of hydrogen-bond acceptors (Lipinski definition) is 3. The Labute approximate surface area is 144 Å².